The van der Waals surface area contributed by atoms with Crippen LogP contribution in [0, 0.1) is 10.1 Å². The van der Waals surface area contributed by atoms with E-state index in [0.717, 1.165) is 11.3 Å². The zero-order valence-corrected chi connectivity index (χ0v) is 22.9. The van der Waals surface area contributed by atoms with Gasteiger partial charge in [-0.25, -0.2) is 18.4 Å². The van der Waals surface area contributed by atoms with Crippen LogP contribution in [0.3, 0.4) is 0 Å². The predicted molar refractivity (Wildman–Crippen MR) is 149 cm³/mol. The number of carbonyl (C=O) groups is 1. The Morgan fingerprint density at radius 1 is 1.18 bits per heavy atom. The highest BCUT2D eigenvalue weighted by Crippen LogP contribution is 2.31. The van der Waals surface area contributed by atoms with Crippen molar-refractivity contribution < 1.29 is 18.1 Å². The molecule has 202 valence electrons. The Morgan fingerprint density at radius 3 is 2.69 bits per heavy atom. The first-order valence-electron chi connectivity index (χ1n) is 11.3. The third-order valence-corrected chi connectivity index (χ3v) is 9.19. The number of anilines is 3. The molecular weight excluding hydrogens is 589 g/mol. The molecule has 4 aromatic rings. The summed E-state index contributed by atoms with van der Waals surface area (Å²) in [6.07, 6.45) is 1.52. The predicted octanol–water partition coefficient (Wildman–Crippen LogP) is 4.32. The lowest BCUT2D eigenvalue weighted by molar-refractivity contribution is -0.384. The van der Waals surface area contributed by atoms with E-state index in [1.807, 2.05) is 0 Å². The number of pyridine rings is 1. The number of benzene rings is 2. The van der Waals surface area contributed by atoms with Crippen LogP contribution in [0.5, 0.6) is 0 Å². The fourth-order valence-electron chi connectivity index (χ4n) is 3.85. The van der Waals surface area contributed by atoms with Gasteiger partial charge in [0.25, 0.3) is 21.6 Å². The molecule has 2 aromatic carbocycles. The number of alkyl halides is 2. The van der Waals surface area contributed by atoms with Crippen molar-refractivity contribution in [1.82, 2.24) is 20.2 Å². The van der Waals surface area contributed by atoms with Crippen molar-refractivity contribution in [1.29, 1.82) is 0 Å². The van der Waals surface area contributed by atoms with Gasteiger partial charge in [-0.3, -0.25) is 24.9 Å². The van der Waals surface area contributed by atoms with Crippen molar-refractivity contribution in [3.8, 4) is 0 Å². The van der Waals surface area contributed by atoms with Crippen LogP contribution in [0.2, 0.25) is 0 Å². The highest BCUT2D eigenvalue weighted by Gasteiger charge is 2.33. The average molecular weight is 608 g/mol. The molecule has 0 aliphatic carbocycles. The van der Waals surface area contributed by atoms with E-state index in [0.29, 0.717) is 29.0 Å². The van der Waals surface area contributed by atoms with Gasteiger partial charge in [0, 0.05) is 37.1 Å². The second kappa shape index (κ2) is 10.9. The van der Waals surface area contributed by atoms with Gasteiger partial charge in [0.05, 0.1) is 25.6 Å². The van der Waals surface area contributed by atoms with Gasteiger partial charge in [0.15, 0.2) is 5.13 Å². The third kappa shape index (κ3) is 5.74. The van der Waals surface area contributed by atoms with E-state index in [4.69, 9.17) is 23.2 Å². The molecular formula is C23H19Cl2N7O5S2. The minimum absolute atomic E-state index is 0.0328. The normalized spacial score (nSPS) is 17.6. The summed E-state index contributed by atoms with van der Waals surface area (Å²) in [6, 6.07) is 13.2. The molecule has 12 nitrogen and oxygen atoms in total. The molecule has 0 radical (unpaired) electrons. The van der Waals surface area contributed by atoms with Gasteiger partial charge in [0.2, 0.25) is 0 Å². The number of nitrogens with zero attached hydrogens (tertiary/aromatic N) is 4. The quantitative estimate of drug-likeness (QED) is 0.120. The molecule has 0 bridgehead atoms. The van der Waals surface area contributed by atoms with E-state index in [1.54, 1.807) is 12.1 Å². The van der Waals surface area contributed by atoms with Gasteiger partial charge < -0.3 is 10.2 Å². The lowest BCUT2D eigenvalue weighted by atomic mass is 10.2. The minimum Gasteiger partial charge on any atom is -0.340 e. The zero-order valence-electron chi connectivity index (χ0n) is 19.7. The van der Waals surface area contributed by atoms with Crippen LogP contribution in [-0.2, 0) is 10.0 Å². The molecule has 0 spiro atoms. The standard InChI is InChI=1S/C23H19Cl2N7O5S2/c24-19-20(25)31(11-10-26-19)22(33)16-2-1-9-27-21(16)28-13-3-6-15(7-4-13)39(36,37)30-23-29-17-8-5-14(32(34)35)12-18(17)38-23/h1-9,12,19-20,26H,10-11H2,(H,27,28)(H,29,30). The summed E-state index contributed by atoms with van der Waals surface area (Å²) in [7, 11) is -4.00. The number of thiazole rings is 1. The van der Waals surface area contributed by atoms with Crippen LogP contribution in [0.1, 0.15) is 10.4 Å². The monoisotopic (exact) mass is 607 g/mol. The van der Waals surface area contributed by atoms with Gasteiger partial charge in [0.1, 0.15) is 16.8 Å². The van der Waals surface area contributed by atoms with Crippen LogP contribution >= 0.6 is 34.5 Å². The van der Waals surface area contributed by atoms with Crippen molar-refractivity contribution in [2.45, 2.75) is 15.9 Å². The molecule has 1 fully saturated rings. The topological polar surface area (TPSA) is 159 Å². The van der Waals surface area contributed by atoms with Gasteiger partial charge in [-0.15, -0.1) is 11.6 Å². The van der Waals surface area contributed by atoms with Crippen molar-refractivity contribution in [3.63, 3.8) is 0 Å². The van der Waals surface area contributed by atoms with Crippen LogP contribution in [0.25, 0.3) is 10.2 Å². The molecule has 5 rings (SSSR count). The Hall–Kier alpha value is -3.56. The smallest absolute Gasteiger partial charge is 0.270 e. The van der Waals surface area contributed by atoms with E-state index in [2.05, 4.69) is 25.3 Å². The summed E-state index contributed by atoms with van der Waals surface area (Å²) in [5.41, 5.74) is -0.243. The Morgan fingerprint density at radius 2 is 1.95 bits per heavy atom. The first-order valence-corrected chi connectivity index (χ1v) is 14.5. The number of amides is 1. The number of hydrogen-bond acceptors (Lipinski definition) is 10. The van der Waals surface area contributed by atoms with Gasteiger partial charge in [-0.1, -0.05) is 22.9 Å². The van der Waals surface area contributed by atoms with E-state index in [9.17, 15) is 23.3 Å². The van der Waals surface area contributed by atoms with E-state index >= 15 is 0 Å². The maximum Gasteiger partial charge on any atom is 0.270 e. The number of piperazine rings is 1. The number of non-ortho nitro benzene ring substituents is 1. The maximum atomic E-state index is 13.2. The van der Waals surface area contributed by atoms with Crippen LogP contribution in [0.4, 0.5) is 22.3 Å². The Bertz CT molecular complexity index is 1670. The molecule has 3 N–H and O–H groups in total. The lowest BCUT2D eigenvalue weighted by Crippen LogP contribution is -2.55. The number of aromatic nitrogens is 2. The second-order valence-electron chi connectivity index (χ2n) is 8.31. The van der Waals surface area contributed by atoms with Gasteiger partial charge >= 0.3 is 0 Å². The van der Waals surface area contributed by atoms with Gasteiger partial charge in [-0.05, 0) is 42.5 Å². The number of carbonyl (C=O) groups excluding carboxylic acids is 1. The zero-order chi connectivity index (χ0) is 27.7. The van der Waals surface area contributed by atoms with E-state index in [1.165, 1.54) is 53.6 Å². The summed E-state index contributed by atoms with van der Waals surface area (Å²) >= 11 is 13.5. The van der Waals surface area contributed by atoms with Crippen LogP contribution in [-0.4, -0.2) is 58.2 Å². The summed E-state index contributed by atoms with van der Waals surface area (Å²) in [5.74, 6) is -0.0735. The van der Waals surface area contributed by atoms with Crippen LogP contribution in [0.15, 0.2) is 65.7 Å². The molecule has 2 unspecified atom stereocenters. The summed E-state index contributed by atoms with van der Waals surface area (Å²) in [5, 5.41) is 17.1. The number of rotatable bonds is 7. The minimum atomic E-state index is -4.00. The highest BCUT2D eigenvalue weighted by atomic mass is 35.5. The molecule has 3 heterocycles. The lowest BCUT2D eigenvalue weighted by Gasteiger charge is -2.35. The van der Waals surface area contributed by atoms with Crippen molar-refractivity contribution in [2.75, 3.05) is 23.1 Å². The summed E-state index contributed by atoms with van der Waals surface area (Å²) in [4.78, 5) is 33.5. The second-order valence-corrected chi connectivity index (χ2v) is 11.9. The van der Waals surface area contributed by atoms with E-state index in [-0.39, 0.29) is 33.0 Å². The molecule has 1 saturated heterocycles. The number of sulfonamides is 1. The fraction of sp³-hybridized carbons (Fsp3) is 0.174. The SMILES string of the molecule is O=C(c1cccnc1Nc1ccc(S(=O)(=O)Nc2nc3ccc([N+](=O)[O-])cc3s2)cc1)N1CCNC(Cl)C1Cl. The van der Waals surface area contributed by atoms with Crippen molar-refractivity contribution in [2.24, 2.45) is 0 Å². The molecule has 16 heteroatoms. The van der Waals surface area contributed by atoms with Crippen molar-refractivity contribution >= 4 is 83.0 Å². The number of fused-ring (bicyclic) bond motifs is 1. The Balaban J connectivity index is 1.32. The first-order chi connectivity index (χ1) is 18.6. The fourth-order valence-corrected chi connectivity index (χ4v) is 6.50. The maximum absolute atomic E-state index is 13.2. The number of nitrogens with one attached hydrogen (secondary N) is 3. The van der Waals surface area contributed by atoms with Crippen LogP contribution < -0.4 is 15.4 Å². The van der Waals surface area contributed by atoms with E-state index < -0.39 is 25.9 Å². The third-order valence-electron chi connectivity index (χ3n) is 5.76. The van der Waals surface area contributed by atoms with Crippen molar-refractivity contribution in [3.05, 3.63) is 76.5 Å². The first kappa shape index (κ1) is 27.0. The molecule has 1 amide bonds. The largest absolute Gasteiger partial charge is 0.340 e. The molecule has 1 aliphatic heterocycles. The highest BCUT2D eigenvalue weighted by molar-refractivity contribution is 7.93. The number of nitro benzene ring substituents is 1. The summed E-state index contributed by atoms with van der Waals surface area (Å²) < 4.78 is 28.8. The molecule has 0 saturated carbocycles. The van der Waals surface area contributed by atoms with Gasteiger partial charge in [-0.2, -0.15) is 0 Å². The Labute approximate surface area is 236 Å². The average Bonchev–Trinajstić information content (AvgIpc) is 3.31. The number of halogens is 2. The number of nitro groups is 1. The summed E-state index contributed by atoms with van der Waals surface area (Å²) in [6.45, 7) is 0.864. The molecule has 39 heavy (non-hydrogen) atoms. The Kier molecular flexibility index (Phi) is 7.55. The number of hydrogen-bond donors (Lipinski definition) is 3. The molecule has 2 atom stereocenters. The molecule has 2 aromatic heterocycles. The molecule has 1 aliphatic rings.